The molecule has 0 saturated carbocycles. The maximum atomic E-state index is 5.95. The monoisotopic (exact) mass is 268 g/mol. The van der Waals surface area contributed by atoms with E-state index in [4.69, 9.17) is 9.47 Å². The number of benzene rings is 2. The van der Waals surface area contributed by atoms with Gasteiger partial charge in [0, 0.05) is 11.5 Å². The van der Waals surface area contributed by atoms with Crippen LogP contribution in [0.3, 0.4) is 0 Å². The van der Waals surface area contributed by atoms with E-state index in [0.29, 0.717) is 12.5 Å². The Morgan fingerprint density at radius 1 is 1.10 bits per heavy atom. The number of aryl methyl sites for hydroxylation is 1. The first-order chi connectivity index (χ1) is 9.86. The molecule has 1 aliphatic heterocycles. The summed E-state index contributed by atoms with van der Waals surface area (Å²) in [6, 6.07) is 16.6. The fraction of sp³-hybridized carbons (Fsp3) is 0.333. The van der Waals surface area contributed by atoms with Gasteiger partial charge in [-0.2, -0.15) is 0 Å². The first-order valence-electron chi connectivity index (χ1n) is 7.30. The van der Waals surface area contributed by atoms with E-state index in [2.05, 4.69) is 43.3 Å². The first-order valence-corrected chi connectivity index (χ1v) is 7.30. The number of hydrogen-bond acceptors (Lipinski definition) is 2. The maximum Gasteiger partial charge on any atom is 0.122 e. The Balaban J connectivity index is 1.66. The lowest BCUT2D eigenvalue weighted by Crippen LogP contribution is -2.19. The third-order valence-corrected chi connectivity index (χ3v) is 3.87. The molecule has 0 N–H and O–H groups in total. The van der Waals surface area contributed by atoms with Gasteiger partial charge in [-0.25, -0.2) is 0 Å². The Labute approximate surface area is 120 Å². The number of rotatable bonds is 4. The highest BCUT2D eigenvalue weighted by Crippen LogP contribution is 2.33. The highest BCUT2D eigenvalue weighted by molar-refractivity contribution is 5.38. The number of para-hydroxylation sites is 1. The molecule has 0 fully saturated rings. The molecule has 104 valence electrons. The average molecular weight is 268 g/mol. The number of ether oxygens (including phenoxy) is 2. The van der Waals surface area contributed by atoms with Gasteiger partial charge in [-0.15, -0.1) is 0 Å². The second-order valence-corrected chi connectivity index (χ2v) is 5.18. The molecule has 3 rings (SSSR count). The molecule has 1 heterocycles. The molecule has 2 aromatic rings. The zero-order chi connectivity index (χ0) is 13.8. The van der Waals surface area contributed by atoms with E-state index in [0.717, 1.165) is 30.9 Å². The van der Waals surface area contributed by atoms with E-state index in [1.807, 2.05) is 12.1 Å². The van der Waals surface area contributed by atoms with Crippen LogP contribution in [0.4, 0.5) is 0 Å². The van der Waals surface area contributed by atoms with Crippen LogP contribution < -0.4 is 9.47 Å². The summed E-state index contributed by atoms with van der Waals surface area (Å²) in [5.74, 6) is 2.38. The molecule has 2 nitrogen and oxygen atoms in total. The summed E-state index contributed by atoms with van der Waals surface area (Å²) in [5.41, 5.74) is 2.61. The Kier molecular flexibility index (Phi) is 3.91. The summed E-state index contributed by atoms with van der Waals surface area (Å²) >= 11 is 0. The van der Waals surface area contributed by atoms with Crippen molar-refractivity contribution in [2.24, 2.45) is 0 Å². The molecule has 0 aromatic heterocycles. The molecular weight excluding hydrogens is 248 g/mol. The van der Waals surface area contributed by atoms with Crippen LogP contribution in [0.15, 0.2) is 48.5 Å². The van der Waals surface area contributed by atoms with E-state index in [-0.39, 0.29) is 0 Å². The van der Waals surface area contributed by atoms with Crippen LogP contribution in [-0.2, 0) is 6.42 Å². The lowest BCUT2D eigenvalue weighted by atomic mass is 9.94. The van der Waals surface area contributed by atoms with Crippen molar-refractivity contribution < 1.29 is 9.47 Å². The van der Waals surface area contributed by atoms with Crippen LogP contribution in [0.1, 0.15) is 30.4 Å². The van der Waals surface area contributed by atoms with Gasteiger partial charge in [-0.1, -0.05) is 37.3 Å². The Hall–Kier alpha value is -1.96. The van der Waals surface area contributed by atoms with Gasteiger partial charge in [0.2, 0.25) is 0 Å². The minimum atomic E-state index is 0.422. The largest absolute Gasteiger partial charge is 0.493 e. The average Bonchev–Trinajstić information content (AvgIpc) is 2.53. The molecule has 0 bridgehead atoms. The third kappa shape index (κ3) is 2.79. The molecule has 0 spiro atoms. The summed E-state index contributed by atoms with van der Waals surface area (Å²) in [5, 5.41) is 0. The van der Waals surface area contributed by atoms with Crippen molar-refractivity contribution in [1.29, 1.82) is 0 Å². The Morgan fingerprint density at radius 3 is 2.70 bits per heavy atom. The van der Waals surface area contributed by atoms with Crippen LogP contribution >= 0.6 is 0 Å². The topological polar surface area (TPSA) is 18.5 Å². The fourth-order valence-electron chi connectivity index (χ4n) is 2.61. The molecular formula is C18H20O2. The van der Waals surface area contributed by atoms with E-state index < -0.39 is 0 Å². The molecule has 0 amide bonds. The van der Waals surface area contributed by atoms with Crippen molar-refractivity contribution in [3.8, 4) is 11.5 Å². The second-order valence-electron chi connectivity index (χ2n) is 5.18. The van der Waals surface area contributed by atoms with Crippen molar-refractivity contribution in [2.45, 2.75) is 25.7 Å². The zero-order valence-electron chi connectivity index (χ0n) is 11.8. The van der Waals surface area contributed by atoms with Crippen molar-refractivity contribution in [2.75, 3.05) is 13.2 Å². The van der Waals surface area contributed by atoms with Gasteiger partial charge in [0.05, 0.1) is 13.2 Å². The highest BCUT2D eigenvalue weighted by Gasteiger charge is 2.21. The van der Waals surface area contributed by atoms with Crippen molar-refractivity contribution in [3.05, 3.63) is 59.7 Å². The lowest BCUT2D eigenvalue weighted by Gasteiger charge is -2.25. The highest BCUT2D eigenvalue weighted by atomic mass is 16.5. The summed E-state index contributed by atoms with van der Waals surface area (Å²) in [6.45, 7) is 3.65. The van der Waals surface area contributed by atoms with Crippen LogP contribution in [0.2, 0.25) is 0 Å². The van der Waals surface area contributed by atoms with E-state index in [9.17, 15) is 0 Å². The molecule has 2 heteroatoms. The van der Waals surface area contributed by atoms with Gasteiger partial charge >= 0.3 is 0 Å². The van der Waals surface area contributed by atoms with Gasteiger partial charge in [0.1, 0.15) is 11.5 Å². The molecule has 1 unspecified atom stereocenters. The fourth-order valence-corrected chi connectivity index (χ4v) is 2.61. The van der Waals surface area contributed by atoms with Crippen molar-refractivity contribution in [3.63, 3.8) is 0 Å². The predicted octanol–water partition coefficient (Wildman–Crippen LogP) is 4.19. The van der Waals surface area contributed by atoms with E-state index >= 15 is 0 Å². The molecule has 0 radical (unpaired) electrons. The molecule has 1 atom stereocenters. The summed E-state index contributed by atoms with van der Waals surface area (Å²) in [4.78, 5) is 0. The van der Waals surface area contributed by atoms with Gasteiger partial charge in [0.15, 0.2) is 0 Å². The van der Waals surface area contributed by atoms with Crippen molar-refractivity contribution >= 4 is 0 Å². The minimum absolute atomic E-state index is 0.422. The number of hydrogen-bond donors (Lipinski definition) is 0. The van der Waals surface area contributed by atoms with Crippen LogP contribution in [0.25, 0.3) is 0 Å². The predicted molar refractivity (Wildman–Crippen MR) is 80.6 cm³/mol. The van der Waals surface area contributed by atoms with Gasteiger partial charge < -0.3 is 9.47 Å². The van der Waals surface area contributed by atoms with Crippen molar-refractivity contribution in [1.82, 2.24) is 0 Å². The van der Waals surface area contributed by atoms with E-state index in [1.54, 1.807) is 0 Å². The Bertz CT molecular complexity index is 560. The minimum Gasteiger partial charge on any atom is -0.493 e. The number of fused-ring (bicyclic) bond motifs is 1. The smallest absolute Gasteiger partial charge is 0.122 e. The summed E-state index contributed by atoms with van der Waals surface area (Å²) in [7, 11) is 0. The molecule has 0 aliphatic carbocycles. The van der Waals surface area contributed by atoms with Crippen LogP contribution in [0, 0.1) is 0 Å². The van der Waals surface area contributed by atoms with Gasteiger partial charge in [-0.05, 0) is 36.6 Å². The molecule has 0 saturated heterocycles. The maximum absolute atomic E-state index is 5.95. The third-order valence-electron chi connectivity index (χ3n) is 3.87. The quantitative estimate of drug-likeness (QED) is 0.827. The summed E-state index contributed by atoms with van der Waals surface area (Å²) < 4.78 is 11.6. The van der Waals surface area contributed by atoms with Crippen LogP contribution in [-0.4, -0.2) is 13.2 Å². The van der Waals surface area contributed by atoms with E-state index in [1.165, 1.54) is 11.1 Å². The van der Waals surface area contributed by atoms with Crippen LogP contribution in [0.5, 0.6) is 11.5 Å². The standard InChI is InChI=1S/C18H20O2/c1-2-14-7-9-16(10-8-14)20-13-15-11-12-19-18-6-4-3-5-17(15)18/h3-10,15H,2,11-13H2,1H3. The lowest BCUT2D eigenvalue weighted by molar-refractivity contribution is 0.217. The molecule has 20 heavy (non-hydrogen) atoms. The molecule has 2 aromatic carbocycles. The second kappa shape index (κ2) is 6.00. The summed E-state index contributed by atoms with van der Waals surface area (Å²) in [6.07, 6.45) is 2.08. The Morgan fingerprint density at radius 2 is 1.90 bits per heavy atom. The van der Waals surface area contributed by atoms with Gasteiger partial charge in [-0.3, -0.25) is 0 Å². The molecule has 1 aliphatic rings. The van der Waals surface area contributed by atoms with Gasteiger partial charge in [0.25, 0.3) is 0 Å². The zero-order valence-corrected chi connectivity index (χ0v) is 11.8. The SMILES string of the molecule is CCc1ccc(OCC2CCOc3ccccc32)cc1. The normalized spacial score (nSPS) is 17.1. The first kappa shape index (κ1) is 13.0.